The normalized spacial score (nSPS) is 10.5. The van der Waals surface area contributed by atoms with Crippen molar-refractivity contribution < 1.29 is 19.0 Å². The van der Waals surface area contributed by atoms with Gasteiger partial charge in [0.25, 0.3) is 0 Å². The summed E-state index contributed by atoms with van der Waals surface area (Å²) in [6.45, 7) is 4.64. The van der Waals surface area contributed by atoms with Crippen LogP contribution in [0.5, 0.6) is 5.75 Å². The van der Waals surface area contributed by atoms with Gasteiger partial charge in [-0.1, -0.05) is 13.8 Å². The molecular weight excluding hydrogens is 211 g/mol. The van der Waals surface area contributed by atoms with Crippen LogP contribution in [-0.4, -0.2) is 17.7 Å². The average molecular weight is 226 g/mol. The Morgan fingerprint density at radius 1 is 1.50 bits per heavy atom. The molecule has 0 fully saturated rings. The van der Waals surface area contributed by atoms with Crippen LogP contribution in [0.2, 0.25) is 0 Å². The van der Waals surface area contributed by atoms with Gasteiger partial charge in [0.05, 0.1) is 12.2 Å². The molecule has 3 nitrogen and oxygen atoms in total. The number of carboxylic acids is 1. The number of aromatic carboxylic acids is 1. The Balaban J connectivity index is 2.63. The second kappa shape index (κ2) is 5.49. The maximum atomic E-state index is 13.2. The van der Waals surface area contributed by atoms with E-state index in [4.69, 9.17) is 9.84 Å². The van der Waals surface area contributed by atoms with E-state index in [1.807, 2.05) is 0 Å². The van der Waals surface area contributed by atoms with Crippen molar-refractivity contribution in [3.63, 3.8) is 0 Å². The van der Waals surface area contributed by atoms with E-state index < -0.39 is 11.8 Å². The first-order valence-corrected chi connectivity index (χ1v) is 5.16. The fraction of sp³-hybridized carbons (Fsp3) is 0.417. The van der Waals surface area contributed by atoms with Crippen molar-refractivity contribution in [2.24, 2.45) is 5.92 Å². The summed E-state index contributed by atoms with van der Waals surface area (Å²) in [6, 6.07) is 3.78. The number of rotatable bonds is 5. The zero-order valence-corrected chi connectivity index (χ0v) is 9.37. The van der Waals surface area contributed by atoms with Gasteiger partial charge in [0.1, 0.15) is 11.6 Å². The van der Waals surface area contributed by atoms with Crippen molar-refractivity contribution in [3.05, 3.63) is 29.6 Å². The SMILES string of the molecule is CC(C)CCOc1ccc(C(=O)O)c(F)c1. The second-order valence-corrected chi connectivity index (χ2v) is 3.98. The molecule has 1 rings (SSSR count). The van der Waals surface area contributed by atoms with E-state index in [-0.39, 0.29) is 5.56 Å². The molecule has 1 aromatic carbocycles. The molecule has 0 heterocycles. The van der Waals surface area contributed by atoms with Crippen molar-refractivity contribution in [3.8, 4) is 5.75 Å². The summed E-state index contributed by atoms with van der Waals surface area (Å²) in [5.41, 5.74) is -0.337. The van der Waals surface area contributed by atoms with Crippen LogP contribution in [0.4, 0.5) is 4.39 Å². The average Bonchev–Trinajstić information content (AvgIpc) is 2.16. The molecule has 0 saturated heterocycles. The highest BCUT2D eigenvalue weighted by atomic mass is 19.1. The van der Waals surface area contributed by atoms with E-state index in [0.717, 1.165) is 12.5 Å². The lowest BCUT2D eigenvalue weighted by Crippen LogP contribution is -2.04. The lowest BCUT2D eigenvalue weighted by molar-refractivity contribution is 0.0692. The van der Waals surface area contributed by atoms with E-state index >= 15 is 0 Å². The first-order chi connectivity index (χ1) is 7.50. The Morgan fingerprint density at radius 3 is 2.69 bits per heavy atom. The highest BCUT2D eigenvalue weighted by Crippen LogP contribution is 2.17. The van der Waals surface area contributed by atoms with E-state index in [0.29, 0.717) is 18.3 Å². The predicted molar refractivity (Wildman–Crippen MR) is 58.3 cm³/mol. The molecule has 0 unspecified atom stereocenters. The Kier molecular flexibility index (Phi) is 4.28. The van der Waals surface area contributed by atoms with Crippen molar-refractivity contribution in [2.45, 2.75) is 20.3 Å². The number of hydrogen-bond donors (Lipinski definition) is 1. The molecule has 0 aromatic heterocycles. The predicted octanol–water partition coefficient (Wildman–Crippen LogP) is 2.95. The Hall–Kier alpha value is -1.58. The Morgan fingerprint density at radius 2 is 2.19 bits per heavy atom. The van der Waals surface area contributed by atoms with Crippen LogP contribution in [0.1, 0.15) is 30.6 Å². The van der Waals surface area contributed by atoms with Gasteiger partial charge in [-0.2, -0.15) is 0 Å². The molecular formula is C12H15FO3. The molecule has 0 spiro atoms. The number of hydrogen-bond acceptors (Lipinski definition) is 2. The van der Waals surface area contributed by atoms with Gasteiger partial charge in [0, 0.05) is 6.07 Å². The van der Waals surface area contributed by atoms with Crippen molar-refractivity contribution in [1.29, 1.82) is 0 Å². The molecule has 0 amide bonds. The molecule has 0 atom stereocenters. The molecule has 16 heavy (non-hydrogen) atoms. The fourth-order valence-electron chi connectivity index (χ4n) is 1.17. The van der Waals surface area contributed by atoms with Gasteiger partial charge in [-0.3, -0.25) is 0 Å². The molecule has 1 N–H and O–H groups in total. The van der Waals surface area contributed by atoms with Crippen LogP contribution in [0.15, 0.2) is 18.2 Å². The quantitative estimate of drug-likeness (QED) is 0.839. The topological polar surface area (TPSA) is 46.5 Å². The smallest absolute Gasteiger partial charge is 0.338 e. The molecule has 4 heteroatoms. The third kappa shape index (κ3) is 3.53. The van der Waals surface area contributed by atoms with Gasteiger partial charge < -0.3 is 9.84 Å². The molecule has 0 radical (unpaired) electrons. The zero-order valence-electron chi connectivity index (χ0n) is 9.37. The maximum absolute atomic E-state index is 13.2. The summed E-state index contributed by atoms with van der Waals surface area (Å²) < 4.78 is 18.5. The number of carboxylic acid groups (broad SMARTS) is 1. The summed E-state index contributed by atoms with van der Waals surface area (Å²) in [4.78, 5) is 10.6. The molecule has 0 aliphatic heterocycles. The third-order valence-electron chi connectivity index (χ3n) is 2.13. The summed E-state index contributed by atoms with van der Waals surface area (Å²) >= 11 is 0. The molecule has 0 bridgehead atoms. The van der Waals surface area contributed by atoms with E-state index in [1.165, 1.54) is 12.1 Å². The number of benzene rings is 1. The number of ether oxygens (including phenoxy) is 1. The molecule has 0 aliphatic carbocycles. The van der Waals surface area contributed by atoms with Crippen LogP contribution >= 0.6 is 0 Å². The fourth-order valence-corrected chi connectivity index (χ4v) is 1.17. The highest BCUT2D eigenvalue weighted by molar-refractivity contribution is 5.88. The van der Waals surface area contributed by atoms with Crippen LogP contribution < -0.4 is 4.74 Å². The first kappa shape index (κ1) is 12.5. The Bertz CT molecular complexity index is 375. The maximum Gasteiger partial charge on any atom is 0.338 e. The minimum atomic E-state index is -1.27. The minimum Gasteiger partial charge on any atom is -0.493 e. The first-order valence-electron chi connectivity index (χ1n) is 5.16. The van der Waals surface area contributed by atoms with Crippen LogP contribution in [0.3, 0.4) is 0 Å². The third-order valence-corrected chi connectivity index (χ3v) is 2.13. The molecule has 0 saturated carbocycles. The lowest BCUT2D eigenvalue weighted by Gasteiger charge is -2.08. The Labute approximate surface area is 93.9 Å². The van der Waals surface area contributed by atoms with Crippen molar-refractivity contribution in [2.75, 3.05) is 6.61 Å². The van der Waals surface area contributed by atoms with Gasteiger partial charge in [0.2, 0.25) is 0 Å². The largest absolute Gasteiger partial charge is 0.493 e. The minimum absolute atomic E-state index is 0.337. The van der Waals surface area contributed by atoms with Crippen LogP contribution in [-0.2, 0) is 0 Å². The second-order valence-electron chi connectivity index (χ2n) is 3.98. The van der Waals surface area contributed by atoms with E-state index in [9.17, 15) is 9.18 Å². The molecule has 88 valence electrons. The standard InChI is InChI=1S/C12H15FO3/c1-8(2)5-6-16-9-3-4-10(12(14)15)11(13)7-9/h3-4,7-8H,5-6H2,1-2H3,(H,14,15). The summed E-state index contributed by atoms with van der Waals surface area (Å²) in [5.74, 6) is -1.16. The lowest BCUT2D eigenvalue weighted by atomic mass is 10.1. The van der Waals surface area contributed by atoms with Crippen molar-refractivity contribution in [1.82, 2.24) is 0 Å². The van der Waals surface area contributed by atoms with E-state index in [1.54, 1.807) is 0 Å². The number of carbonyl (C=O) groups is 1. The number of halogens is 1. The van der Waals surface area contributed by atoms with Crippen LogP contribution in [0, 0.1) is 11.7 Å². The van der Waals surface area contributed by atoms with Crippen LogP contribution in [0.25, 0.3) is 0 Å². The zero-order chi connectivity index (χ0) is 12.1. The molecule has 1 aromatic rings. The summed E-state index contributed by atoms with van der Waals surface area (Å²) in [6.07, 6.45) is 0.877. The van der Waals surface area contributed by atoms with Crippen molar-refractivity contribution >= 4 is 5.97 Å². The van der Waals surface area contributed by atoms with E-state index in [2.05, 4.69) is 13.8 Å². The summed E-state index contributed by atoms with van der Waals surface area (Å²) in [7, 11) is 0. The monoisotopic (exact) mass is 226 g/mol. The highest BCUT2D eigenvalue weighted by Gasteiger charge is 2.10. The molecule has 0 aliphatic rings. The van der Waals surface area contributed by atoms with Gasteiger partial charge in [-0.25, -0.2) is 9.18 Å². The van der Waals surface area contributed by atoms with Gasteiger partial charge in [-0.05, 0) is 24.5 Å². The summed E-state index contributed by atoms with van der Waals surface area (Å²) in [5, 5.41) is 8.62. The van der Waals surface area contributed by atoms with Gasteiger partial charge in [0.15, 0.2) is 0 Å². The van der Waals surface area contributed by atoms with Gasteiger partial charge >= 0.3 is 5.97 Å². The van der Waals surface area contributed by atoms with Gasteiger partial charge in [-0.15, -0.1) is 0 Å².